The van der Waals surface area contributed by atoms with E-state index in [9.17, 15) is 13.6 Å². The van der Waals surface area contributed by atoms with Gasteiger partial charge in [-0.3, -0.25) is 9.69 Å². The monoisotopic (exact) mass is 530 g/mol. The third-order valence-electron chi connectivity index (χ3n) is 7.88. The molecular formula is C31H28F2N2O2S. The van der Waals surface area contributed by atoms with Crippen LogP contribution in [0.25, 0.3) is 11.3 Å². The fourth-order valence-electron chi connectivity index (χ4n) is 5.89. The van der Waals surface area contributed by atoms with E-state index in [1.807, 2.05) is 36.6 Å². The third kappa shape index (κ3) is 4.54. The van der Waals surface area contributed by atoms with Crippen LogP contribution >= 0.6 is 11.8 Å². The van der Waals surface area contributed by atoms with Crippen molar-refractivity contribution in [1.82, 2.24) is 4.90 Å². The molecule has 0 radical (unpaired) electrons. The Balaban J connectivity index is 1.33. The molecule has 1 unspecified atom stereocenters. The van der Waals surface area contributed by atoms with Gasteiger partial charge in [0.2, 0.25) is 0 Å². The Morgan fingerprint density at radius 3 is 2.47 bits per heavy atom. The van der Waals surface area contributed by atoms with E-state index in [4.69, 9.17) is 4.42 Å². The van der Waals surface area contributed by atoms with Crippen molar-refractivity contribution in [2.75, 3.05) is 24.7 Å². The van der Waals surface area contributed by atoms with E-state index in [1.54, 1.807) is 24.1 Å². The maximum absolute atomic E-state index is 14.1. The lowest BCUT2D eigenvalue weighted by molar-refractivity contribution is 0.0842. The Hall–Kier alpha value is -3.42. The van der Waals surface area contributed by atoms with Crippen molar-refractivity contribution in [2.24, 2.45) is 0 Å². The highest BCUT2D eigenvalue weighted by atomic mass is 32.2. The summed E-state index contributed by atoms with van der Waals surface area (Å²) in [5, 5.41) is 3.82. The van der Waals surface area contributed by atoms with Gasteiger partial charge in [-0.05, 0) is 78.8 Å². The number of nitrogens with one attached hydrogen (secondary N) is 1. The largest absolute Gasteiger partial charge is 0.464 e. The van der Waals surface area contributed by atoms with Gasteiger partial charge in [-0.1, -0.05) is 24.3 Å². The van der Waals surface area contributed by atoms with E-state index in [2.05, 4.69) is 34.5 Å². The van der Waals surface area contributed by atoms with Crippen LogP contribution in [-0.4, -0.2) is 35.6 Å². The number of thioether (sulfide) groups is 1. The summed E-state index contributed by atoms with van der Waals surface area (Å²) in [6, 6.07) is 22.0. The number of halogens is 2. The highest BCUT2D eigenvalue weighted by molar-refractivity contribution is 7.98. The second kappa shape index (κ2) is 10.0. The molecule has 3 heterocycles. The van der Waals surface area contributed by atoms with Crippen molar-refractivity contribution in [1.29, 1.82) is 0 Å². The van der Waals surface area contributed by atoms with Crippen LogP contribution in [0.5, 0.6) is 0 Å². The number of anilines is 1. The number of ketones is 1. The van der Waals surface area contributed by atoms with Gasteiger partial charge >= 0.3 is 0 Å². The smallest absolute Gasteiger partial charge is 0.174 e. The first-order valence-electron chi connectivity index (χ1n) is 12.8. The molecule has 6 rings (SSSR count). The molecular weight excluding hydrogens is 502 g/mol. The summed E-state index contributed by atoms with van der Waals surface area (Å²) >= 11 is 1.68. The summed E-state index contributed by atoms with van der Waals surface area (Å²) in [5.74, 6) is -1.11. The van der Waals surface area contributed by atoms with Gasteiger partial charge in [0.15, 0.2) is 17.4 Å². The molecule has 1 N–H and O–H groups in total. The minimum absolute atomic E-state index is 0.121. The number of hydrogen-bond acceptors (Lipinski definition) is 5. The first-order chi connectivity index (χ1) is 18.5. The summed E-state index contributed by atoms with van der Waals surface area (Å²) in [7, 11) is 0. The molecule has 1 atom stereocenters. The molecule has 2 aliphatic rings. The van der Waals surface area contributed by atoms with Crippen LogP contribution in [0, 0.1) is 11.6 Å². The molecule has 4 nitrogen and oxygen atoms in total. The molecule has 1 saturated heterocycles. The Kier molecular flexibility index (Phi) is 6.58. The summed E-state index contributed by atoms with van der Waals surface area (Å²) in [6.45, 7) is 1.99. The Morgan fingerprint density at radius 1 is 1.00 bits per heavy atom. The summed E-state index contributed by atoms with van der Waals surface area (Å²) < 4.78 is 32.8. The number of carbonyl (C=O) groups excluding carboxylic acids is 1. The zero-order valence-electron chi connectivity index (χ0n) is 21.0. The predicted molar refractivity (Wildman–Crippen MR) is 147 cm³/mol. The topological polar surface area (TPSA) is 45.5 Å². The molecule has 1 fully saturated rings. The number of fused-ring (bicyclic) bond motifs is 1. The summed E-state index contributed by atoms with van der Waals surface area (Å²) in [6.07, 6.45) is 5.16. The van der Waals surface area contributed by atoms with Gasteiger partial charge in [0, 0.05) is 41.3 Å². The fourth-order valence-corrected chi connectivity index (χ4v) is 6.30. The molecule has 0 saturated carbocycles. The van der Waals surface area contributed by atoms with E-state index in [0.717, 1.165) is 59.0 Å². The lowest BCUT2D eigenvalue weighted by Crippen LogP contribution is -2.56. The van der Waals surface area contributed by atoms with Gasteiger partial charge in [-0.25, -0.2) is 8.78 Å². The predicted octanol–water partition coefficient (Wildman–Crippen LogP) is 7.37. The SMILES string of the molecule is CSc1ccc(C2C(=O)c3ccc(-c4ccco4)cc3NC23CCN(Cc2ccc(F)c(F)c2)CC3)cc1. The number of Topliss-reactive ketones (excluding diaryl/α,β-unsaturated/α-hetero) is 1. The van der Waals surface area contributed by atoms with E-state index in [-0.39, 0.29) is 11.7 Å². The highest BCUT2D eigenvalue weighted by Gasteiger charge is 2.49. The van der Waals surface area contributed by atoms with Crippen molar-refractivity contribution >= 4 is 23.2 Å². The second-order valence-corrected chi connectivity index (χ2v) is 11.0. The number of furan rings is 1. The lowest BCUT2D eigenvalue weighted by Gasteiger charge is -2.50. The number of hydrogen-bond donors (Lipinski definition) is 1. The number of benzene rings is 3. The van der Waals surface area contributed by atoms with Gasteiger partial charge in [-0.15, -0.1) is 11.8 Å². The van der Waals surface area contributed by atoms with E-state index < -0.39 is 17.2 Å². The van der Waals surface area contributed by atoms with Crippen LogP contribution in [0.2, 0.25) is 0 Å². The average molecular weight is 531 g/mol. The van der Waals surface area contributed by atoms with Gasteiger partial charge < -0.3 is 9.73 Å². The molecule has 0 bridgehead atoms. The maximum atomic E-state index is 14.1. The van der Waals surface area contributed by atoms with Crippen LogP contribution in [0.4, 0.5) is 14.5 Å². The molecule has 0 amide bonds. The maximum Gasteiger partial charge on any atom is 0.174 e. The molecule has 3 aromatic carbocycles. The Labute approximate surface area is 225 Å². The first-order valence-corrected chi connectivity index (χ1v) is 14.0. The van der Waals surface area contributed by atoms with Crippen molar-refractivity contribution in [3.8, 4) is 11.3 Å². The van der Waals surface area contributed by atoms with Crippen LogP contribution < -0.4 is 5.32 Å². The molecule has 1 aromatic heterocycles. The molecule has 194 valence electrons. The number of carbonyl (C=O) groups is 1. The van der Waals surface area contributed by atoms with Crippen LogP contribution in [-0.2, 0) is 6.54 Å². The van der Waals surface area contributed by atoms with E-state index in [1.165, 1.54) is 12.1 Å². The van der Waals surface area contributed by atoms with Crippen molar-refractivity contribution in [3.63, 3.8) is 0 Å². The number of piperidine rings is 1. The molecule has 0 aliphatic carbocycles. The van der Waals surface area contributed by atoms with E-state index in [0.29, 0.717) is 12.1 Å². The van der Waals surface area contributed by atoms with Gasteiger partial charge in [0.1, 0.15) is 5.76 Å². The zero-order valence-corrected chi connectivity index (χ0v) is 21.9. The van der Waals surface area contributed by atoms with Crippen LogP contribution in [0.15, 0.2) is 88.4 Å². The molecule has 38 heavy (non-hydrogen) atoms. The normalized spacial score (nSPS) is 18.8. The number of rotatable bonds is 5. The zero-order chi connectivity index (χ0) is 26.3. The van der Waals surface area contributed by atoms with Gasteiger partial charge in [-0.2, -0.15) is 0 Å². The summed E-state index contributed by atoms with van der Waals surface area (Å²) in [4.78, 5) is 17.5. The van der Waals surface area contributed by atoms with Crippen LogP contribution in [0.1, 0.15) is 40.2 Å². The lowest BCUT2D eigenvalue weighted by atomic mass is 9.67. The average Bonchev–Trinajstić information content (AvgIpc) is 3.48. The minimum atomic E-state index is -0.834. The Bertz CT molecular complexity index is 1460. The van der Waals surface area contributed by atoms with Crippen LogP contribution in [0.3, 0.4) is 0 Å². The highest BCUT2D eigenvalue weighted by Crippen LogP contribution is 2.47. The van der Waals surface area contributed by atoms with Gasteiger partial charge in [0.25, 0.3) is 0 Å². The van der Waals surface area contributed by atoms with Crippen molar-refractivity contribution < 1.29 is 18.0 Å². The summed E-state index contributed by atoms with van der Waals surface area (Å²) in [5.41, 5.74) is 3.73. The van der Waals surface area contributed by atoms with E-state index >= 15 is 0 Å². The number of likely N-dealkylation sites (tertiary alicyclic amines) is 1. The Morgan fingerprint density at radius 2 is 1.79 bits per heavy atom. The molecule has 2 aliphatic heterocycles. The van der Waals surface area contributed by atoms with Crippen molar-refractivity contribution in [3.05, 3.63) is 107 Å². The second-order valence-electron chi connectivity index (χ2n) is 10.1. The minimum Gasteiger partial charge on any atom is -0.464 e. The van der Waals surface area contributed by atoms with Gasteiger partial charge in [0.05, 0.1) is 17.7 Å². The molecule has 1 spiro atoms. The molecule has 7 heteroatoms. The quantitative estimate of drug-likeness (QED) is 0.273. The van der Waals surface area contributed by atoms with Crippen molar-refractivity contribution in [2.45, 2.75) is 35.7 Å². The third-order valence-corrected chi connectivity index (χ3v) is 8.62. The molecule has 4 aromatic rings. The number of nitrogens with zero attached hydrogens (tertiary/aromatic N) is 1. The fraction of sp³-hybridized carbons (Fsp3) is 0.258. The standard InChI is InChI=1S/C31H28F2N2O2S/c1-38-23-8-5-21(6-9-23)29-30(36)24-10-7-22(28-3-2-16-37-28)18-27(24)34-31(29)12-14-35(15-13-31)19-20-4-11-25(32)26(33)17-20/h2-11,16-18,29,34H,12-15,19H2,1H3. The first kappa shape index (κ1) is 24.9.